The number of thiophene rings is 1. The van der Waals surface area contributed by atoms with Crippen LogP contribution in [0.2, 0.25) is 0 Å². The molecular formula is C29H30FN5O5S. The van der Waals surface area contributed by atoms with E-state index < -0.39 is 17.5 Å². The number of carbonyl (C=O) groups is 2. The van der Waals surface area contributed by atoms with Gasteiger partial charge in [-0.2, -0.15) is 0 Å². The van der Waals surface area contributed by atoms with Crippen LogP contribution in [0.5, 0.6) is 5.75 Å². The van der Waals surface area contributed by atoms with E-state index in [2.05, 4.69) is 26.1 Å². The Morgan fingerprint density at radius 1 is 1.07 bits per heavy atom. The van der Waals surface area contributed by atoms with Crippen LogP contribution >= 0.6 is 11.3 Å². The Morgan fingerprint density at radius 2 is 1.90 bits per heavy atom. The van der Waals surface area contributed by atoms with Crippen LogP contribution in [-0.4, -0.2) is 54.3 Å². The molecule has 4 aromatic rings. The van der Waals surface area contributed by atoms with Crippen LogP contribution in [0.3, 0.4) is 0 Å². The van der Waals surface area contributed by atoms with Crippen LogP contribution in [0, 0.1) is 5.82 Å². The number of halogens is 1. The van der Waals surface area contributed by atoms with Crippen molar-refractivity contribution in [1.82, 2.24) is 20.8 Å². The maximum Gasteiger partial charge on any atom is 0.407 e. The fourth-order valence-electron chi connectivity index (χ4n) is 4.27. The van der Waals surface area contributed by atoms with Crippen molar-refractivity contribution in [1.29, 1.82) is 0 Å². The number of hydrogen-bond donors (Lipinski definition) is 3. The predicted octanol–water partition coefficient (Wildman–Crippen LogP) is 5.72. The first-order valence-corrected chi connectivity index (χ1v) is 14.0. The van der Waals surface area contributed by atoms with Gasteiger partial charge in [-0.3, -0.25) is 0 Å². The molecule has 3 amide bonds. The Balaban J connectivity index is 1.28. The summed E-state index contributed by atoms with van der Waals surface area (Å²) < 4.78 is 31.7. The second-order valence-electron chi connectivity index (χ2n) is 10.3. The van der Waals surface area contributed by atoms with E-state index in [4.69, 9.17) is 14.2 Å². The van der Waals surface area contributed by atoms with Gasteiger partial charge in [-0.25, -0.2) is 14.0 Å². The first-order valence-electron chi connectivity index (χ1n) is 13.1. The lowest BCUT2D eigenvalue weighted by Gasteiger charge is -2.19. The van der Waals surface area contributed by atoms with Gasteiger partial charge >= 0.3 is 12.1 Å². The number of aromatic nitrogens is 2. The minimum atomic E-state index is -0.571. The van der Waals surface area contributed by atoms with Crippen molar-refractivity contribution in [3.8, 4) is 28.3 Å². The van der Waals surface area contributed by atoms with Crippen molar-refractivity contribution in [2.75, 3.05) is 31.7 Å². The standard InChI is InChI=1S/C29H30FN5O5S/c1-29(2,3)40-28(37)31-9-10-38-11-12-39-23-15-19(30)6-7-20(23)25-26-21(8-13-41-26)24(34-35-25)17-4-5-18-16-32-27(36)33-22(18)14-17/h4-8,13-15H,9-12,16H2,1-3H3,(H,31,37)(H2,32,33,36). The smallest absolute Gasteiger partial charge is 0.407 e. The molecule has 3 heterocycles. The molecule has 10 nitrogen and oxygen atoms in total. The molecule has 2 aromatic carbocycles. The number of urea groups is 1. The van der Waals surface area contributed by atoms with Gasteiger partial charge in [0.25, 0.3) is 0 Å². The molecule has 214 valence electrons. The summed E-state index contributed by atoms with van der Waals surface area (Å²) >= 11 is 1.50. The molecule has 1 aliphatic heterocycles. The van der Waals surface area contributed by atoms with E-state index in [1.54, 1.807) is 26.8 Å². The van der Waals surface area contributed by atoms with E-state index >= 15 is 0 Å². The molecule has 1 aliphatic rings. The number of benzene rings is 2. The summed E-state index contributed by atoms with van der Waals surface area (Å²) in [7, 11) is 0. The maximum atomic E-state index is 14.2. The normalized spacial score (nSPS) is 12.8. The Kier molecular flexibility index (Phi) is 8.31. The molecule has 0 saturated heterocycles. The fourth-order valence-corrected chi connectivity index (χ4v) is 5.16. The molecule has 0 radical (unpaired) electrons. The Morgan fingerprint density at radius 3 is 2.73 bits per heavy atom. The molecule has 0 bridgehead atoms. The lowest BCUT2D eigenvalue weighted by molar-refractivity contribution is 0.0489. The highest BCUT2D eigenvalue weighted by atomic mass is 32.1. The van der Waals surface area contributed by atoms with Crippen LogP contribution in [0.4, 0.5) is 19.7 Å². The second kappa shape index (κ2) is 12.1. The van der Waals surface area contributed by atoms with Gasteiger partial charge in [0.1, 0.15) is 35.2 Å². The summed E-state index contributed by atoms with van der Waals surface area (Å²) in [5.41, 5.74) is 3.83. The molecular weight excluding hydrogens is 549 g/mol. The highest BCUT2D eigenvalue weighted by Gasteiger charge is 2.20. The van der Waals surface area contributed by atoms with E-state index in [1.807, 2.05) is 29.6 Å². The third-order valence-corrected chi connectivity index (χ3v) is 6.98. The number of fused-ring (bicyclic) bond motifs is 2. The van der Waals surface area contributed by atoms with Crippen molar-refractivity contribution >= 4 is 39.2 Å². The molecule has 3 N–H and O–H groups in total. The molecule has 2 aromatic heterocycles. The first kappa shape index (κ1) is 28.2. The van der Waals surface area contributed by atoms with E-state index in [0.29, 0.717) is 29.2 Å². The Hall–Kier alpha value is -4.29. The Bertz CT molecular complexity index is 1590. The molecule has 41 heavy (non-hydrogen) atoms. The third-order valence-electron chi connectivity index (χ3n) is 6.05. The Labute approximate surface area is 240 Å². The number of rotatable bonds is 9. The second-order valence-corrected chi connectivity index (χ2v) is 11.2. The lowest BCUT2D eigenvalue weighted by Crippen LogP contribution is -2.34. The maximum absolute atomic E-state index is 14.2. The highest BCUT2D eigenvalue weighted by Crippen LogP contribution is 2.40. The zero-order valence-corrected chi connectivity index (χ0v) is 23.7. The highest BCUT2D eigenvalue weighted by molar-refractivity contribution is 7.17. The zero-order chi connectivity index (χ0) is 29.0. The first-order chi connectivity index (χ1) is 19.7. The van der Waals surface area contributed by atoms with Gasteiger partial charge in [-0.1, -0.05) is 12.1 Å². The van der Waals surface area contributed by atoms with E-state index in [0.717, 1.165) is 26.9 Å². The van der Waals surface area contributed by atoms with Crippen LogP contribution in [0.15, 0.2) is 47.8 Å². The van der Waals surface area contributed by atoms with Gasteiger partial charge in [-0.15, -0.1) is 21.5 Å². The minimum absolute atomic E-state index is 0.164. The monoisotopic (exact) mass is 579 g/mol. The number of alkyl carbamates (subject to hydrolysis) is 1. The number of ether oxygens (including phenoxy) is 3. The van der Waals surface area contributed by atoms with Crippen LogP contribution < -0.4 is 20.7 Å². The van der Waals surface area contributed by atoms with Crippen LogP contribution in [0.25, 0.3) is 32.6 Å². The van der Waals surface area contributed by atoms with Gasteiger partial charge < -0.3 is 30.2 Å². The third kappa shape index (κ3) is 6.90. The van der Waals surface area contributed by atoms with Crippen molar-refractivity contribution in [2.45, 2.75) is 32.9 Å². The largest absolute Gasteiger partial charge is 0.490 e. The summed E-state index contributed by atoms with van der Waals surface area (Å²) in [5.74, 6) is -0.120. The number of anilines is 1. The topological polar surface area (TPSA) is 124 Å². The van der Waals surface area contributed by atoms with Gasteiger partial charge in [0.15, 0.2) is 0 Å². The molecule has 0 aliphatic carbocycles. The van der Waals surface area contributed by atoms with Crippen molar-refractivity contribution in [2.24, 2.45) is 0 Å². The molecule has 0 spiro atoms. The molecule has 0 fully saturated rings. The molecule has 12 heteroatoms. The summed E-state index contributed by atoms with van der Waals surface area (Å²) in [5, 5.41) is 20.1. The van der Waals surface area contributed by atoms with Crippen LogP contribution in [-0.2, 0) is 16.0 Å². The summed E-state index contributed by atoms with van der Waals surface area (Å²) in [6.45, 7) is 6.78. The lowest BCUT2D eigenvalue weighted by atomic mass is 10.0. The number of nitrogens with zero attached hydrogens (tertiary/aromatic N) is 2. The van der Waals surface area contributed by atoms with Crippen molar-refractivity contribution < 1.29 is 28.2 Å². The minimum Gasteiger partial charge on any atom is -0.490 e. The molecule has 5 rings (SSSR count). The van der Waals surface area contributed by atoms with E-state index in [-0.39, 0.29) is 32.4 Å². The SMILES string of the molecule is CC(C)(C)OC(=O)NCCOCCOc1cc(F)ccc1-c1nnc(-c2ccc3c(c2)NC(=O)NC3)c2ccsc12. The van der Waals surface area contributed by atoms with E-state index in [1.165, 1.54) is 23.5 Å². The number of carbonyl (C=O) groups excluding carboxylic acids is 2. The number of amides is 3. The van der Waals surface area contributed by atoms with Crippen molar-refractivity contribution in [3.05, 3.63) is 59.2 Å². The molecule has 0 saturated carbocycles. The predicted molar refractivity (Wildman–Crippen MR) is 155 cm³/mol. The quantitative estimate of drug-likeness (QED) is 0.217. The summed E-state index contributed by atoms with van der Waals surface area (Å²) in [4.78, 5) is 23.5. The average molecular weight is 580 g/mol. The number of nitrogens with one attached hydrogen (secondary N) is 3. The average Bonchev–Trinajstić information content (AvgIpc) is 3.41. The van der Waals surface area contributed by atoms with Gasteiger partial charge in [0.2, 0.25) is 0 Å². The van der Waals surface area contributed by atoms with Crippen LogP contribution in [0.1, 0.15) is 26.3 Å². The summed E-state index contributed by atoms with van der Waals surface area (Å²) in [6, 6.07) is 11.8. The van der Waals surface area contributed by atoms with Gasteiger partial charge in [0, 0.05) is 41.4 Å². The van der Waals surface area contributed by atoms with Gasteiger partial charge in [0.05, 0.1) is 17.9 Å². The molecule has 0 unspecified atom stereocenters. The van der Waals surface area contributed by atoms with E-state index in [9.17, 15) is 14.0 Å². The molecule has 0 atom stereocenters. The van der Waals surface area contributed by atoms with Crippen molar-refractivity contribution in [3.63, 3.8) is 0 Å². The van der Waals surface area contributed by atoms with Gasteiger partial charge in [-0.05, 0) is 56.0 Å². The number of hydrogen-bond acceptors (Lipinski definition) is 8. The summed E-state index contributed by atoms with van der Waals surface area (Å²) in [6.07, 6.45) is -0.510. The fraction of sp³-hybridized carbons (Fsp3) is 0.310. The zero-order valence-electron chi connectivity index (χ0n) is 22.9.